The van der Waals surface area contributed by atoms with Crippen molar-refractivity contribution in [2.24, 2.45) is 0 Å². The van der Waals surface area contributed by atoms with Crippen molar-refractivity contribution in [3.05, 3.63) is 96.1 Å². The lowest BCUT2D eigenvalue weighted by molar-refractivity contribution is -0.104. The summed E-state index contributed by atoms with van der Waals surface area (Å²) in [6.07, 6.45) is 9.58. The average molecular weight is 530 g/mol. The van der Waals surface area contributed by atoms with Gasteiger partial charge in [0.25, 0.3) is 0 Å². The van der Waals surface area contributed by atoms with E-state index in [9.17, 15) is 4.79 Å². The predicted octanol–water partition coefficient (Wildman–Crippen LogP) is 7.48. The summed E-state index contributed by atoms with van der Waals surface area (Å²) in [5.74, 6) is 0.704. The molecular formula is C33H39NO5. The Labute approximate surface area is 232 Å². The fraction of sp³-hybridized carbons (Fsp3) is 0.303. The van der Waals surface area contributed by atoms with Crippen LogP contribution in [0.5, 0.6) is 11.5 Å². The molecule has 0 aliphatic rings. The van der Waals surface area contributed by atoms with E-state index in [1.807, 2.05) is 6.07 Å². The molecule has 0 heterocycles. The molecular weight excluding hydrogens is 490 g/mol. The van der Waals surface area contributed by atoms with Gasteiger partial charge in [-0.05, 0) is 84.8 Å². The Kier molecular flexibility index (Phi) is 14.6. The van der Waals surface area contributed by atoms with Gasteiger partial charge in [-0.25, -0.2) is 4.79 Å². The van der Waals surface area contributed by atoms with Crippen molar-refractivity contribution in [3.63, 3.8) is 0 Å². The van der Waals surface area contributed by atoms with Crippen LogP contribution in [0.25, 0.3) is 11.1 Å². The summed E-state index contributed by atoms with van der Waals surface area (Å²) in [5, 5.41) is 7.84. The predicted molar refractivity (Wildman–Crippen MR) is 157 cm³/mol. The molecule has 0 amide bonds. The monoisotopic (exact) mass is 529 g/mol. The number of carbonyl (C=O) groups excluding carboxylic acids is 2. The number of carbonyl (C=O) groups is 2. The largest absolute Gasteiger partial charge is 0.494 e. The van der Waals surface area contributed by atoms with E-state index in [-0.39, 0.29) is 0 Å². The van der Waals surface area contributed by atoms with E-state index in [1.54, 1.807) is 43.5 Å². The van der Waals surface area contributed by atoms with Gasteiger partial charge in [0.15, 0.2) is 0 Å². The topological polar surface area (TPSA) is 85.7 Å². The van der Waals surface area contributed by atoms with E-state index in [1.165, 1.54) is 17.9 Å². The molecule has 0 aliphatic heterocycles. The van der Waals surface area contributed by atoms with Gasteiger partial charge in [-0.3, -0.25) is 4.79 Å². The van der Waals surface area contributed by atoms with Gasteiger partial charge in [0.05, 0.1) is 12.2 Å². The summed E-state index contributed by atoms with van der Waals surface area (Å²) in [4.78, 5) is 21.7. The molecule has 3 rings (SSSR count). The fourth-order valence-corrected chi connectivity index (χ4v) is 3.87. The van der Waals surface area contributed by atoms with Crippen molar-refractivity contribution in [1.29, 1.82) is 5.41 Å². The minimum atomic E-state index is -0.442. The summed E-state index contributed by atoms with van der Waals surface area (Å²) in [7, 11) is 1.72. The highest BCUT2D eigenvalue weighted by atomic mass is 16.5. The SMILES string of the molecule is C=CC=O.CCCc1ccc(-c2ccc(OC(=O)c3ccc(OCCCCCCOC)cc3)cc2C=N)cc1. The Balaban J connectivity index is 0.00000124. The number of nitrogens with one attached hydrogen (secondary N) is 1. The first-order chi connectivity index (χ1) is 19.1. The van der Waals surface area contributed by atoms with Crippen molar-refractivity contribution >= 4 is 18.5 Å². The molecule has 3 aromatic carbocycles. The van der Waals surface area contributed by atoms with Crippen LogP contribution in [0.15, 0.2) is 79.4 Å². The lowest BCUT2D eigenvalue weighted by Gasteiger charge is -2.11. The first-order valence-electron chi connectivity index (χ1n) is 13.3. The average Bonchev–Trinajstić information content (AvgIpc) is 2.97. The van der Waals surface area contributed by atoms with E-state index in [4.69, 9.17) is 24.4 Å². The van der Waals surface area contributed by atoms with E-state index in [0.29, 0.717) is 29.8 Å². The van der Waals surface area contributed by atoms with E-state index in [2.05, 4.69) is 37.8 Å². The second-order valence-electron chi connectivity index (χ2n) is 8.88. The molecule has 0 unspecified atom stereocenters. The number of aldehydes is 1. The van der Waals surface area contributed by atoms with Crippen molar-refractivity contribution in [2.45, 2.75) is 45.4 Å². The van der Waals surface area contributed by atoms with Gasteiger partial charge in [-0.1, -0.05) is 56.7 Å². The Morgan fingerprint density at radius 1 is 0.897 bits per heavy atom. The molecule has 0 bridgehead atoms. The fourth-order valence-electron chi connectivity index (χ4n) is 3.87. The van der Waals surface area contributed by atoms with Crippen molar-refractivity contribution in [1.82, 2.24) is 0 Å². The Morgan fingerprint density at radius 3 is 2.13 bits per heavy atom. The van der Waals surface area contributed by atoms with Crippen LogP contribution < -0.4 is 9.47 Å². The maximum absolute atomic E-state index is 12.6. The molecule has 0 fully saturated rings. The second-order valence-corrected chi connectivity index (χ2v) is 8.88. The molecule has 0 spiro atoms. The number of benzene rings is 3. The quantitative estimate of drug-likeness (QED) is 0.0551. The summed E-state index contributed by atoms with van der Waals surface area (Å²) in [6, 6.07) is 20.8. The number of unbranched alkanes of at least 4 members (excludes halogenated alkanes) is 3. The summed E-state index contributed by atoms with van der Waals surface area (Å²) >= 11 is 0. The molecule has 0 saturated heterocycles. The standard InChI is InChI=1S/C30H35NO4.C3H4O/c1-3-8-23-9-11-24(12-10-23)29-18-17-28(21-26(29)22-31)35-30(32)25-13-15-27(16-14-25)34-20-7-5-4-6-19-33-2;1-2-3-4/h9-18,21-22,31H,3-8,19-20H2,1-2H3;2-3H,1H2. The van der Waals surface area contributed by atoms with Gasteiger partial charge < -0.3 is 19.6 Å². The van der Waals surface area contributed by atoms with E-state index in [0.717, 1.165) is 62.0 Å². The molecule has 6 nitrogen and oxygen atoms in total. The van der Waals surface area contributed by atoms with Crippen LogP contribution in [-0.4, -0.2) is 38.8 Å². The van der Waals surface area contributed by atoms with Crippen LogP contribution >= 0.6 is 0 Å². The summed E-state index contributed by atoms with van der Waals surface area (Å²) in [6.45, 7) is 6.73. The van der Waals surface area contributed by atoms with Crippen LogP contribution in [0.4, 0.5) is 0 Å². The van der Waals surface area contributed by atoms with Gasteiger partial charge in [0.2, 0.25) is 0 Å². The normalized spacial score (nSPS) is 10.1. The van der Waals surface area contributed by atoms with Crippen molar-refractivity contribution in [2.75, 3.05) is 20.3 Å². The van der Waals surface area contributed by atoms with Gasteiger partial charge in [-0.15, -0.1) is 0 Å². The van der Waals surface area contributed by atoms with Crippen LogP contribution in [0.3, 0.4) is 0 Å². The van der Waals surface area contributed by atoms with Gasteiger partial charge >= 0.3 is 5.97 Å². The first-order valence-corrected chi connectivity index (χ1v) is 13.3. The lowest BCUT2D eigenvalue weighted by Crippen LogP contribution is -2.09. The minimum absolute atomic E-state index is 0.411. The number of methoxy groups -OCH3 is 1. The molecule has 6 heteroatoms. The zero-order valence-corrected chi connectivity index (χ0v) is 23.0. The molecule has 1 N–H and O–H groups in total. The van der Waals surface area contributed by atoms with Crippen LogP contribution in [0.2, 0.25) is 0 Å². The van der Waals surface area contributed by atoms with Crippen LogP contribution in [0, 0.1) is 5.41 Å². The Morgan fingerprint density at radius 2 is 1.54 bits per heavy atom. The third kappa shape index (κ3) is 11.1. The lowest BCUT2D eigenvalue weighted by atomic mass is 9.98. The number of ether oxygens (including phenoxy) is 3. The number of allylic oxidation sites excluding steroid dienone is 1. The smallest absolute Gasteiger partial charge is 0.343 e. The summed E-state index contributed by atoms with van der Waals surface area (Å²) in [5.41, 5.74) is 4.41. The number of hydrogen-bond donors (Lipinski definition) is 1. The molecule has 0 atom stereocenters. The number of esters is 1. The van der Waals surface area contributed by atoms with Gasteiger partial charge in [0, 0.05) is 25.5 Å². The number of hydrogen-bond acceptors (Lipinski definition) is 6. The highest BCUT2D eigenvalue weighted by Crippen LogP contribution is 2.27. The van der Waals surface area contributed by atoms with E-state index >= 15 is 0 Å². The Bertz CT molecular complexity index is 1160. The molecule has 0 aromatic heterocycles. The molecule has 39 heavy (non-hydrogen) atoms. The maximum atomic E-state index is 12.6. The zero-order chi connectivity index (χ0) is 28.3. The Hall–Kier alpha value is -4.03. The van der Waals surface area contributed by atoms with Crippen molar-refractivity contribution < 1.29 is 23.8 Å². The third-order valence-corrected chi connectivity index (χ3v) is 5.89. The highest BCUT2D eigenvalue weighted by Gasteiger charge is 2.12. The molecule has 0 radical (unpaired) electrons. The molecule has 0 aliphatic carbocycles. The van der Waals surface area contributed by atoms with Crippen LogP contribution in [-0.2, 0) is 16.0 Å². The summed E-state index contributed by atoms with van der Waals surface area (Å²) < 4.78 is 16.4. The van der Waals surface area contributed by atoms with Crippen molar-refractivity contribution in [3.8, 4) is 22.6 Å². The molecule has 206 valence electrons. The number of rotatable bonds is 15. The molecule has 3 aromatic rings. The minimum Gasteiger partial charge on any atom is -0.494 e. The van der Waals surface area contributed by atoms with Gasteiger partial charge in [0.1, 0.15) is 17.8 Å². The van der Waals surface area contributed by atoms with Gasteiger partial charge in [-0.2, -0.15) is 0 Å². The maximum Gasteiger partial charge on any atom is 0.343 e. The van der Waals surface area contributed by atoms with Crippen LogP contribution in [0.1, 0.15) is 60.5 Å². The highest BCUT2D eigenvalue weighted by molar-refractivity contribution is 5.93. The zero-order valence-electron chi connectivity index (χ0n) is 23.0. The third-order valence-electron chi connectivity index (χ3n) is 5.89. The van der Waals surface area contributed by atoms with E-state index < -0.39 is 5.97 Å². The molecule has 0 saturated carbocycles. The first kappa shape index (κ1) is 31.2. The number of aryl methyl sites for hydroxylation is 1. The second kappa shape index (κ2) is 18.3.